The minimum Gasteiger partial charge on any atom is -0.490 e. The summed E-state index contributed by atoms with van der Waals surface area (Å²) in [5.74, 6) is 0.958. The molecular formula is C21H15N3O5S. The fourth-order valence-corrected chi connectivity index (χ4v) is 3.68. The van der Waals surface area contributed by atoms with Crippen LogP contribution in [0.1, 0.15) is 10.4 Å². The highest BCUT2D eigenvalue weighted by molar-refractivity contribution is 7.22. The van der Waals surface area contributed by atoms with E-state index in [1.165, 1.54) is 36.6 Å². The number of amides is 1. The van der Waals surface area contributed by atoms with Gasteiger partial charge < -0.3 is 9.47 Å². The molecule has 0 bridgehead atoms. The molecule has 0 aliphatic heterocycles. The highest BCUT2D eigenvalue weighted by atomic mass is 32.1. The maximum Gasteiger partial charge on any atom is 0.311 e. The summed E-state index contributed by atoms with van der Waals surface area (Å²) in [5, 5.41) is 14.2. The lowest BCUT2D eigenvalue weighted by Crippen LogP contribution is -2.12. The average molecular weight is 421 g/mol. The Morgan fingerprint density at radius 1 is 1.07 bits per heavy atom. The van der Waals surface area contributed by atoms with Crippen LogP contribution in [0.5, 0.6) is 17.2 Å². The Bertz CT molecular complexity index is 1240. The van der Waals surface area contributed by atoms with Crippen LogP contribution in [0.15, 0.2) is 66.7 Å². The molecular weight excluding hydrogens is 406 g/mol. The SMILES string of the molecule is COc1ccc(C(=O)Nc2nc3ccc(Oc4ccccc4)cc3s2)cc1[N+](=O)[O-]. The van der Waals surface area contributed by atoms with E-state index in [-0.39, 0.29) is 17.0 Å². The normalized spacial score (nSPS) is 10.6. The first-order valence-corrected chi connectivity index (χ1v) is 9.62. The number of hydrogen-bond donors (Lipinski definition) is 1. The number of rotatable bonds is 6. The van der Waals surface area contributed by atoms with E-state index in [0.29, 0.717) is 16.4 Å². The molecule has 150 valence electrons. The number of nitro groups is 1. The monoisotopic (exact) mass is 421 g/mol. The number of carbonyl (C=O) groups is 1. The fourth-order valence-electron chi connectivity index (χ4n) is 2.79. The Kier molecular flexibility index (Phi) is 5.27. The molecule has 0 saturated carbocycles. The van der Waals surface area contributed by atoms with Crippen molar-refractivity contribution in [2.45, 2.75) is 0 Å². The quantitative estimate of drug-likeness (QED) is 0.336. The molecule has 9 heteroatoms. The molecule has 0 aliphatic carbocycles. The third kappa shape index (κ3) is 4.06. The summed E-state index contributed by atoms with van der Waals surface area (Å²) in [6.45, 7) is 0. The van der Waals surface area contributed by atoms with Gasteiger partial charge in [-0.15, -0.1) is 0 Å². The zero-order valence-electron chi connectivity index (χ0n) is 15.7. The molecule has 1 heterocycles. The molecule has 1 aromatic heterocycles. The second-order valence-electron chi connectivity index (χ2n) is 6.16. The first-order chi connectivity index (χ1) is 14.5. The van der Waals surface area contributed by atoms with Crippen LogP contribution < -0.4 is 14.8 Å². The average Bonchev–Trinajstić information content (AvgIpc) is 3.15. The molecule has 0 unspecified atom stereocenters. The third-order valence-electron chi connectivity index (χ3n) is 4.20. The van der Waals surface area contributed by atoms with Crippen molar-refractivity contribution < 1.29 is 19.2 Å². The van der Waals surface area contributed by atoms with Crippen LogP contribution in [0.2, 0.25) is 0 Å². The molecule has 4 rings (SSSR count). The van der Waals surface area contributed by atoms with Crippen molar-refractivity contribution in [1.29, 1.82) is 0 Å². The van der Waals surface area contributed by atoms with Crippen molar-refractivity contribution in [3.63, 3.8) is 0 Å². The lowest BCUT2D eigenvalue weighted by Gasteiger charge is -2.04. The second-order valence-corrected chi connectivity index (χ2v) is 7.19. The molecule has 1 N–H and O–H groups in total. The van der Waals surface area contributed by atoms with Gasteiger partial charge in [-0.2, -0.15) is 0 Å². The summed E-state index contributed by atoms with van der Waals surface area (Å²) < 4.78 is 11.6. The lowest BCUT2D eigenvalue weighted by molar-refractivity contribution is -0.385. The number of carbonyl (C=O) groups excluding carboxylic acids is 1. The summed E-state index contributed by atoms with van der Waals surface area (Å²) in [5.41, 5.74) is 0.559. The topological polar surface area (TPSA) is 104 Å². The minimum atomic E-state index is -0.596. The summed E-state index contributed by atoms with van der Waals surface area (Å²) in [6, 6.07) is 18.9. The number of nitro benzene ring substituents is 1. The molecule has 30 heavy (non-hydrogen) atoms. The van der Waals surface area contributed by atoms with Crippen LogP contribution in [-0.2, 0) is 0 Å². The van der Waals surface area contributed by atoms with Crippen molar-refractivity contribution in [2.24, 2.45) is 0 Å². The van der Waals surface area contributed by atoms with Gasteiger partial charge in [-0.05, 0) is 36.4 Å². The number of ether oxygens (including phenoxy) is 2. The highest BCUT2D eigenvalue weighted by Crippen LogP contribution is 2.32. The predicted molar refractivity (Wildman–Crippen MR) is 114 cm³/mol. The molecule has 0 spiro atoms. The minimum absolute atomic E-state index is 0.0856. The smallest absolute Gasteiger partial charge is 0.311 e. The van der Waals surface area contributed by atoms with Crippen molar-refractivity contribution in [2.75, 3.05) is 12.4 Å². The zero-order chi connectivity index (χ0) is 21.1. The molecule has 8 nitrogen and oxygen atoms in total. The number of fused-ring (bicyclic) bond motifs is 1. The zero-order valence-corrected chi connectivity index (χ0v) is 16.5. The number of nitrogens with zero attached hydrogens (tertiary/aromatic N) is 2. The Hall–Kier alpha value is -3.98. The number of benzene rings is 3. The van der Waals surface area contributed by atoms with Crippen LogP contribution in [0.25, 0.3) is 10.2 Å². The number of nitrogens with one attached hydrogen (secondary N) is 1. The standard InChI is InChI=1S/C21H15N3O5S/c1-28-18-10-7-13(11-17(18)24(26)27)20(25)23-21-22-16-9-8-15(12-19(16)30-21)29-14-5-3-2-4-6-14/h2-12H,1H3,(H,22,23,25). The van der Waals surface area contributed by atoms with Gasteiger partial charge in [-0.3, -0.25) is 20.2 Å². The number of anilines is 1. The fraction of sp³-hybridized carbons (Fsp3) is 0.0476. The molecule has 0 atom stereocenters. The van der Waals surface area contributed by atoms with Crippen LogP contribution >= 0.6 is 11.3 Å². The highest BCUT2D eigenvalue weighted by Gasteiger charge is 2.19. The largest absolute Gasteiger partial charge is 0.490 e. The van der Waals surface area contributed by atoms with Crippen LogP contribution in [0, 0.1) is 10.1 Å². The molecule has 0 radical (unpaired) electrons. The van der Waals surface area contributed by atoms with Crippen molar-refractivity contribution >= 4 is 38.3 Å². The summed E-state index contributed by atoms with van der Waals surface area (Å²) >= 11 is 1.28. The molecule has 1 amide bonds. The summed E-state index contributed by atoms with van der Waals surface area (Å²) in [6.07, 6.45) is 0. The molecule has 0 saturated heterocycles. The Labute approximate surface area is 174 Å². The molecule has 4 aromatic rings. The predicted octanol–water partition coefficient (Wildman–Crippen LogP) is 5.26. The van der Waals surface area contributed by atoms with Crippen molar-refractivity contribution in [3.8, 4) is 17.2 Å². The Morgan fingerprint density at radius 2 is 1.87 bits per heavy atom. The Balaban J connectivity index is 1.54. The van der Waals surface area contributed by atoms with Gasteiger partial charge in [-0.1, -0.05) is 29.5 Å². The number of aromatic nitrogens is 1. The van der Waals surface area contributed by atoms with Gasteiger partial charge in [0.2, 0.25) is 0 Å². The number of hydrogen-bond acceptors (Lipinski definition) is 7. The van der Waals surface area contributed by atoms with E-state index in [4.69, 9.17) is 9.47 Å². The first-order valence-electron chi connectivity index (χ1n) is 8.81. The van der Waals surface area contributed by atoms with Crippen molar-refractivity contribution in [1.82, 2.24) is 4.98 Å². The molecule has 0 fully saturated rings. The third-order valence-corrected chi connectivity index (χ3v) is 5.13. The maximum absolute atomic E-state index is 12.5. The number of para-hydroxylation sites is 1. The van der Waals surface area contributed by atoms with E-state index in [0.717, 1.165) is 10.4 Å². The lowest BCUT2D eigenvalue weighted by atomic mass is 10.2. The van der Waals surface area contributed by atoms with E-state index < -0.39 is 10.8 Å². The van der Waals surface area contributed by atoms with Gasteiger partial charge in [0.15, 0.2) is 10.9 Å². The van der Waals surface area contributed by atoms with E-state index in [9.17, 15) is 14.9 Å². The van der Waals surface area contributed by atoms with Gasteiger partial charge in [0.05, 0.1) is 22.2 Å². The van der Waals surface area contributed by atoms with Gasteiger partial charge in [-0.25, -0.2) is 4.98 Å². The van der Waals surface area contributed by atoms with Gasteiger partial charge in [0, 0.05) is 17.7 Å². The number of thiazole rings is 1. The van der Waals surface area contributed by atoms with Crippen LogP contribution in [0.4, 0.5) is 10.8 Å². The Morgan fingerprint density at radius 3 is 2.60 bits per heavy atom. The van der Waals surface area contributed by atoms with Crippen LogP contribution in [-0.4, -0.2) is 22.9 Å². The van der Waals surface area contributed by atoms with Gasteiger partial charge >= 0.3 is 5.69 Å². The number of methoxy groups -OCH3 is 1. The molecule has 0 aliphatic rings. The van der Waals surface area contributed by atoms with Gasteiger partial charge in [0.1, 0.15) is 11.5 Å². The summed E-state index contributed by atoms with van der Waals surface area (Å²) in [7, 11) is 1.33. The van der Waals surface area contributed by atoms with E-state index in [1.54, 1.807) is 12.1 Å². The second kappa shape index (κ2) is 8.18. The maximum atomic E-state index is 12.5. The van der Waals surface area contributed by atoms with Gasteiger partial charge in [0.25, 0.3) is 5.91 Å². The van der Waals surface area contributed by atoms with Crippen LogP contribution in [0.3, 0.4) is 0 Å². The van der Waals surface area contributed by atoms with Crippen molar-refractivity contribution in [3.05, 3.63) is 82.4 Å². The summed E-state index contributed by atoms with van der Waals surface area (Å²) in [4.78, 5) is 27.5. The first kappa shape index (κ1) is 19.3. The molecule has 3 aromatic carbocycles. The van der Waals surface area contributed by atoms with E-state index >= 15 is 0 Å². The van der Waals surface area contributed by atoms with E-state index in [2.05, 4.69) is 10.3 Å². The van der Waals surface area contributed by atoms with E-state index in [1.807, 2.05) is 36.4 Å².